The highest BCUT2D eigenvalue weighted by atomic mass is 16.5. The van der Waals surface area contributed by atoms with Gasteiger partial charge in [0, 0.05) is 25.9 Å². The van der Waals surface area contributed by atoms with Crippen LogP contribution in [0.4, 0.5) is 0 Å². The van der Waals surface area contributed by atoms with Gasteiger partial charge in [0.25, 0.3) is 11.8 Å². The molecule has 0 aliphatic carbocycles. The van der Waals surface area contributed by atoms with Crippen LogP contribution in [-0.2, 0) is 4.74 Å². The minimum absolute atomic E-state index is 0.0298. The molecule has 7 heteroatoms. The van der Waals surface area contributed by atoms with E-state index < -0.39 is 0 Å². The molecule has 20 heavy (non-hydrogen) atoms. The number of rotatable bonds is 6. The van der Waals surface area contributed by atoms with E-state index in [1.807, 2.05) is 0 Å². The van der Waals surface area contributed by atoms with Gasteiger partial charge in [-0.2, -0.15) is 0 Å². The lowest BCUT2D eigenvalue weighted by atomic mass is 9.90. The predicted molar refractivity (Wildman–Crippen MR) is 69.6 cm³/mol. The maximum atomic E-state index is 12.1. The molecule has 0 saturated carbocycles. The Morgan fingerprint density at radius 3 is 2.95 bits per heavy atom. The summed E-state index contributed by atoms with van der Waals surface area (Å²) in [6.45, 7) is 1.42. The van der Waals surface area contributed by atoms with Crippen LogP contribution in [0.2, 0.25) is 0 Å². The number of methoxy groups -OCH3 is 1. The third kappa shape index (κ3) is 3.71. The second-order valence-electron chi connectivity index (χ2n) is 4.78. The average Bonchev–Trinajstić information content (AvgIpc) is 2.97. The highest BCUT2D eigenvalue weighted by Crippen LogP contribution is 2.21. The van der Waals surface area contributed by atoms with Crippen LogP contribution in [0, 0.1) is 5.92 Å². The van der Waals surface area contributed by atoms with E-state index in [-0.39, 0.29) is 30.2 Å². The van der Waals surface area contributed by atoms with Gasteiger partial charge >= 0.3 is 0 Å². The molecule has 0 radical (unpaired) electrons. The number of hydrogen-bond donors (Lipinski definition) is 2. The van der Waals surface area contributed by atoms with Crippen molar-refractivity contribution in [2.75, 3.05) is 26.9 Å². The van der Waals surface area contributed by atoms with Crippen molar-refractivity contribution < 1.29 is 23.9 Å². The summed E-state index contributed by atoms with van der Waals surface area (Å²) in [5, 5.41) is 15.6. The summed E-state index contributed by atoms with van der Waals surface area (Å²) in [7, 11) is 1.45. The number of carbonyl (C=O) groups excluding carboxylic acids is 1. The van der Waals surface area contributed by atoms with Crippen LogP contribution < -0.4 is 10.1 Å². The van der Waals surface area contributed by atoms with Crippen LogP contribution in [0.5, 0.6) is 5.88 Å². The van der Waals surface area contributed by atoms with Crippen molar-refractivity contribution in [3.63, 3.8) is 0 Å². The topological polar surface area (TPSA) is 93.8 Å². The Bertz CT molecular complexity index is 428. The van der Waals surface area contributed by atoms with Gasteiger partial charge in [-0.25, -0.2) is 0 Å². The molecular formula is C13H20N2O5. The van der Waals surface area contributed by atoms with Gasteiger partial charge < -0.3 is 24.4 Å². The fraction of sp³-hybridized carbons (Fsp3) is 0.692. The van der Waals surface area contributed by atoms with E-state index in [0.29, 0.717) is 25.6 Å². The monoisotopic (exact) mass is 284 g/mol. The quantitative estimate of drug-likeness (QED) is 0.794. The molecule has 112 valence electrons. The number of amides is 1. The summed E-state index contributed by atoms with van der Waals surface area (Å²) >= 11 is 0. The number of carbonyl (C=O) groups is 1. The van der Waals surface area contributed by atoms with E-state index >= 15 is 0 Å². The number of aliphatic hydroxyl groups is 1. The molecule has 0 aromatic carbocycles. The standard InChI is InChI=1S/C13H20N2O5/c1-18-12-8-11(20-15-12)13(17)14-10(2-5-16)9-3-6-19-7-4-9/h8-10,16H,2-7H2,1H3,(H,14,17)/t10-/m0/s1. The lowest BCUT2D eigenvalue weighted by molar-refractivity contribution is 0.0473. The van der Waals surface area contributed by atoms with Crippen LogP contribution in [0.1, 0.15) is 29.8 Å². The molecule has 1 aromatic rings. The lowest BCUT2D eigenvalue weighted by Crippen LogP contribution is -2.42. The summed E-state index contributed by atoms with van der Waals surface area (Å²) in [5.74, 6) is 0.340. The first-order chi connectivity index (χ1) is 9.74. The summed E-state index contributed by atoms with van der Waals surface area (Å²) < 4.78 is 15.1. The average molecular weight is 284 g/mol. The molecule has 1 aliphatic heterocycles. The molecule has 2 heterocycles. The van der Waals surface area contributed by atoms with E-state index in [2.05, 4.69) is 10.5 Å². The highest BCUT2D eigenvalue weighted by molar-refractivity contribution is 5.91. The molecule has 1 saturated heterocycles. The van der Waals surface area contributed by atoms with Crippen molar-refractivity contribution >= 4 is 5.91 Å². The molecule has 0 unspecified atom stereocenters. The molecule has 1 amide bonds. The molecule has 1 aliphatic rings. The van der Waals surface area contributed by atoms with E-state index in [1.54, 1.807) is 0 Å². The van der Waals surface area contributed by atoms with Gasteiger partial charge in [0.2, 0.25) is 5.76 Å². The van der Waals surface area contributed by atoms with E-state index in [0.717, 1.165) is 12.8 Å². The Hall–Kier alpha value is -1.60. The summed E-state index contributed by atoms with van der Waals surface area (Å²) in [6, 6.07) is 1.35. The normalized spacial score (nSPS) is 17.7. The van der Waals surface area contributed by atoms with Crippen molar-refractivity contribution in [1.82, 2.24) is 10.5 Å². The molecule has 1 aromatic heterocycles. The smallest absolute Gasteiger partial charge is 0.290 e. The number of aromatic nitrogens is 1. The van der Waals surface area contributed by atoms with Gasteiger partial charge in [-0.3, -0.25) is 4.79 Å². The Morgan fingerprint density at radius 2 is 2.35 bits per heavy atom. The zero-order chi connectivity index (χ0) is 14.4. The maximum Gasteiger partial charge on any atom is 0.290 e. The summed E-state index contributed by atoms with van der Waals surface area (Å²) in [6.07, 6.45) is 2.27. The molecular weight excluding hydrogens is 264 g/mol. The SMILES string of the molecule is COc1cc(C(=O)N[C@@H](CCO)C2CCOCC2)on1. The highest BCUT2D eigenvalue weighted by Gasteiger charge is 2.26. The molecule has 0 bridgehead atoms. The van der Waals surface area contributed by atoms with Gasteiger partial charge in [-0.05, 0) is 30.3 Å². The fourth-order valence-electron chi connectivity index (χ4n) is 2.38. The van der Waals surface area contributed by atoms with Gasteiger partial charge in [0.1, 0.15) is 0 Å². The Kier molecular flexibility index (Phi) is 5.37. The van der Waals surface area contributed by atoms with Crippen LogP contribution in [-0.4, -0.2) is 49.1 Å². The third-order valence-corrected chi connectivity index (χ3v) is 3.51. The zero-order valence-corrected chi connectivity index (χ0v) is 11.5. The first kappa shape index (κ1) is 14.8. The van der Waals surface area contributed by atoms with Gasteiger partial charge in [-0.15, -0.1) is 0 Å². The van der Waals surface area contributed by atoms with Gasteiger partial charge in [0.15, 0.2) is 0 Å². The van der Waals surface area contributed by atoms with Crippen LogP contribution >= 0.6 is 0 Å². The van der Waals surface area contributed by atoms with Crippen molar-refractivity contribution in [3.05, 3.63) is 11.8 Å². The van der Waals surface area contributed by atoms with E-state index in [9.17, 15) is 4.79 Å². The van der Waals surface area contributed by atoms with Crippen LogP contribution in [0.25, 0.3) is 0 Å². The second-order valence-corrected chi connectivity index (χ2v) is 4.78. The number of nitrogens with zero attached hydrogens (tertiary/aromatic N) is 1. The number of hydrogen-bond acceptors (Lipinski definition) is 6. The molecule has 0 spiro atoms. The predicted octanol–water partition coefficient (Wildman–Crippen LogP) is 0.591. The fourth-order valence-corrected chi connectivity index (χ4v) is 2.38. The van der Waals surface area contributed by atoms with Crippen molar-refractivity contribution in [2.24, 2.45) is 5.92 Å². The number of aliphatic hydroxyl groups excluding tert-OH is 1. The van der Waals surface area contributed by atoms with Crippen molar-refractivity contribution in [2.45, 2.75) is 25.3 Å². The molecule has 2 N–H and O–H groups in total. The molecule has 2 rings (SSSR count). The molecule has 1 atom stereocenters. The first-order valence-electron chi connectivity index (χ1n) is 6.74. The zero-order valence-electron chi connectivity index (χ0n) is 11.5. The third-order valence-electron chi connectivity index (χ3n) is 3.51. The van der Waals surface area contributed by atoms with Crippen molar-refractivity contribution in [1.29, 1.82) is 0 Å². The Balaban J connectivity index is 1.97. The van der Waals surface area contributed by atoms with Gasteiger partial charge in [-0.1, -0.05) is 0 Å². The van der Waals surface area contributed by atoms with Crippen LogP contribution in [0.3, 0.4) is 0 Å². The lowest BCUT2D eigenvalue weighted by Gasteiger charge is -2.30. The molecule has 1 fully saturated rings. The second kappa shape index (κ2) is 7.25. The first-order valence-corrected chi connectivity index (χ1v) is 6.74. The number of ether oxygens (including phenoxy) is 2. The maximum absolute atomic E-state index is 12.1. The minimum atomic E-state index is -0.342. The number of nitrogens with one attached hydrogen (secondary N) is 1. The van der Waals surface area contributed by atoms with E-state index in [1.165, 1.54) is 13.2 Å². The van der Waals surface area contributed by atoms with Crippen LogP contribution in [0.15, 0.2) is 10.6 Å². The Morgan fingerprint density at radius 1 is 1.60 bits per heavy atom. The van der Waals surface area contributed by atoms with Gasteiger partial charge in [0.05, 0.1) is 13.2 Å². The Labute approximate surface area is 117 Å². The van der Waals surface area contributed by atoms with Crippen molar-refractivity contribution in [3.8, 4) is 5.88 Å². The molecule has 7 nitrogen and oxygen atoms in total. The van der Waals surface area contributed by atoms with E-state index in [4.69, 9.17) is 19.1 Å². The largest absolute Gasteiger partial charge is 0.479 e. The minimum Gasteiger partial charge on any atom is -0.479 e. The summed E-state index contributed by atoms with van der Waals surface area (Å²) in [5.41, 5.74) is 0. The summed E-state index contributed by atoms with van der Waals surface area (Å²) in [4.78, 5) is 12.1.